The van der Waals surface area contributed by atoms with Gasteiger partial charge in [0.25, 0.3) is 5.56 Å². The number of fused-ring (bicyclic) bond motifs is 1. The molecule has 2 aromatic carbocycles. The summed E-state index contributed by atoms with van der Waals surface area (Å²) in [5.74, 6) is 0.580. The van der Waals surface area contributed by atoms with Crippen LogP contribution in [0, 0.1) is 12.8 Å². The minimum atomic E-state index is -0.247. The van der Waals surface area contributed by atoms with Crippen LogP contribution in [-0.2, 0) is 17.9 Å². The number of nitrogens with one attached hydrogen (secondary N) is 1. The lowest BCUT2D eigenvalue weighted by atomic mass is 9.99. The van der Waals surface area contributed by atoms with Gasteiger partial charge in [-0.05, 0) is 68.1 Å². The van der Waals surface area contributed by atoms with Crippen LogP contribution in [0.1, 0.15) is 30.9 Å². The van der Waals surface area contributed by atoms with Gasteiger partial charge < -0.3 is 5.32 Å². The molecular formula is C24H28N4O2. The van der Waals surface area contributed by atoms with E-state index in [9.17, 15) is 9.59 Å². The number of aromatic nitrogens is 2. The number of rotatable bonds is 5. The van der Waals surface area contributed by atoms with Crippen LogP contribution in [0.2, 0.25) is 0 Å². The molecule has 1 aliphatic heterocycles. The van der Waals surface area contributed by atoms with Crippen molar-refractivity contribution >= 4 is 22.5 Å². The SMILES string of the molecule is Cc1cccc2c(=O)n(CC(=O)Nc3ccc(CN4CCC(C)CC4)cc3)cnc12. The van der Waals surface area contributed by atoms with Gasteiger partial charge in [-0.25, -0.2) is 4.98 Å². The second-order valence-electron chi connectivity index (χ2n) is 8.35. The summed E-state index contributed by atoms with van der Waals surface area (Å²) in [7, 11) is 0. The molecular weight excluding hydrogens is 376 g/mol. The van der Waals surface area contributed by atoms with E-state index in [0.29, 0.717) is 10.9 Å². The number of amides is 1. The van der Waals surface area contributed by atoms with Crippen LogP contribution < -0.4 is 10.9 Å². The van der Waals surface area contributed by atoms with Crippen LogP contribution >= 0.6 is 0 Å². The fourth-order valence-electron chi connectivity index (χ4n) is 3.98. The van der Waals surface area contributed by atoms with Gasteiger partial charge in [0, 0.05) is 12.2 Å². The van der Waals surface area contributed by atoms with Gasteiger partial charge in [0.15, 0.2) is 0 Å². The van der Waals surface area contributed by atoms with E-state index in [2.05, 4.69) is 34.3 Å². The van der Waals surface area contributed by atoms with Gasteiger partial charge in [-0.15, -0.1) is 0 Å². The first-order valence-electron chi connectivity index (χ1n) is 10.6. The van der Waals surface area contributed by atoms with Gasteiger partial charge in [0.05, 0.1) is 17.2 Å². The molecule has 0 unspecified atom stereocenters. The fraction of sp³-hybridized carbons (Fsp3) is 0.375. The summed E-state index contributed by atoms with van der Waals surface area (Å²) in [4.78, 5) is 32.0. The summed E-state index contributed by atoms with van der Waals surface area (Å²) >= 11 is 0. The van der Waals surface area contributed by atoms with Crippen LogP contribution in [0.15, 0.2) is 53.6 Å². The maximum absolute atomic E-state index is 12.7. The zero-order valence-corrected chi connectivity index (χ0v) is 17.6. The van der Waals surface area contributed by atoms with E-state index < -0.39 is 0 Å². The Bertz CT molecular complexity index is 1100. The van der Waals surface area contributed by atoms with E-state index in [0.717, 1.165) is 36.8 Å². The summed E-state index contributed by atoms with van der Waals surface area (Å²) in [5, 5.41) is 3.40. The minimum Gasteiger partial charge on any atom is -0.325 e. The Labute approximate surface area is 176 Å². The van der Waals surface area contributed by atoms with E-state index >= 15 is 0 Å². The number of likely N-dealkylation sites (tertiary alicyclic amines) is 1. The standard InChI is InChI=1S/C24H28N4O2/c1-17-10-12-27(13-11-17)14-19-6-8-20(9-7-19)26-22(29)15-28-16-25-23-18(2)4-3-5-21(23)24(28)30/h3-9,16-17H,10-15H2,1-2H3,(H,26,29). The Morgan fingerprint density at radius 2 is 1.87 bits per heavy atom. The topological polar surface area (TPSA) is 67.2 Å². The third-order valence-corrected chi connectivity index (χ3v) is 5.89. The van der Waals surface area contributed by atoms with Crippen molar-refractivity contribution in [3.8, 4) is 0 Å². The largest absolute Gasteiger partial charge is 0.325 e. The molecule has 2 heterocycles. The van der Waals surface area contributed by atoms with Gasteiger partial charge in [0.1, 0.15) is 6.54 Å². The maximum Gasteiger partial charge on any atom is 0.261 e. The molecule has 4 rings (SSSR count). The van der Waals surface area contributed by atoms with Gasteiger partial charge >= 0.3 is 0 Å². The second kappa shape index (κ2) is 8.79. The molecule has 0 bridgehead atoms. The molecule has 0 atom stereocenters. The summed E-state index contributed by atoms with van der Waals surface area (Å²) < 4.78 is 1.35. The Morgan fingerprint density at radius 3 is 2.60 bits per heavy atom. The van der Waals surface area contributed by atoms with Gasteiger partial charge in [-0.2, -0.15) is 0 Å². The predicted octanol–water partition coefficient (Wildman–Crippen LogP) is 3.58. The van der Waals surface area contributed by atoms with Crippen molar-refractivity contribution in [3.05, 3.63) is 70.3 Å². The van der Waals surface area contributed by atoms with E-state index in [1.54, 1.807) is 6.07 Å². The number of para-hydroxylation sites is 1. The number of benzene rings is 2. The van der Waals surface area contributed by atoms with Gasteiger partial charge in [-0.1, -0.05) is 31.2 Å². The number of carbonyl (C=O) groups is 1. The van der Waals surface area contributed by atoms with Gasteiger partial charge in [0.2, 0.25) is 5.91 Å². The quantitative estimate of drug-likeness (QED) is 0.706. The van der Waals surface area contributed by atoms with Crippen molar-refractivity contribution in [2.24, 2.45) is 5.92 Å². The van der Waals surface area contributed by atoms with Crippen molar-refractivity contribution in [2.45, 2.75) is 39.8 Å². The Kier molecular flexibility index (Phi) is 5.95. The highest BCUT2D eigenvalue weighted by Crippen LogP contribution is 2.19. The number of hydrogen-bond donors (Lipinski definition) is 1. The molecule has 156 valence electrons. The molecule has 0 spiro atoms. The van der Waals surface area contributed by atoms with Gasteiger partial charge in [-0.3, -0.25) is 19.1 Å². The Morgan fingerprint density at radius 1 is 1.13 bits per heavy atom. The summed E-state index contributed by atoms with van der Waals surface area (Å²) in [6.07, 6.45) is 3.97. The molecule has 30 heavy (non-hydrogen) atoms. The molecule has 1 saturated heterocycles. The summed E-state index contributed by atoms with van der Waals surface area (Å²) in [6.45, 7) is 7.41. The van der Waals surface area contributed by atoms with Crippen LogP contribution in [0.25, 0.3) is 10.9 Å². The second-order valence-corrected chi connectivity index (χ2v) is 8.35. The molecule has 1 fully saturated rings. The molecule has 3 aromatic rings. The predicted molar refractivity (Wildman–Crippen MR) is 119 cm³/mol. The smallest absolute Gasteiger partial charge is 0.261 e. The van der Waals surface area contributed by atoms with Crippen LogP contribution in [0.3, 0.4) is 0 Å². The number of nitrogens with zero attached hydrogens (tertiary/aromatic N) is 3. The van der Waals surface area contributed by atoms with E-state index in [1.807, 2.05) is 31.2 Å². The van der Waals surface area contributed by atoms with E-state index in [-0.39, 0.29) is 18.0 Å². The lowest BCUT2D eigenvalue weighted by molar-refractivity contribution is -0.116. The number of aryl methyl sites for hydroxylation is 1. The first-order valence-corrected chi connectivity index (χ1v) is 10.6. The first kappa shape index (κ1) is 20.3. The molecule has 0 radical (unpaired) electrons. The van der Waals surface area contributed by atoms with Crippen molar-refractivity contribution < 1.29 is 4.79 Å². The number of anilines is 1. The average molecular weight is 405 g/mol. The molecule has 0 aliphatic carbocycles. The lowest BCUT2D eigenvalue weighted by Gasteiger charge is -2.30. The molecule has 6 heteroatoms. The van der Waals surface area contributed by atoms with Crippen molar-refractivity contribution in [2.75, 3.05) is 18.4 Å². The Balaban J connectivity index is 1.38. The highest BCUT2D eigenvalue weighted by atomic mass is 16.2. The normalized spacial score (nSPS) is 15.4. The zero-order valence-electron chi connectivity index (χ0n) is 17.6. The van der Waals surface area contributed by atoms with E-state index in [1.165, 1.54) is 29.3 Å². The zero-order chi connectivity index (χ0) is 21.1. The molecule has 6 nitrogen and oxygen atoms in total. The van der Waals surface area contributed by atoms with Crippen molar-refractivity contribution in [1.29, 1.82) is 0 Å². The number of carbonyl (C=O) groups excluding carboxylic acids is 1. The van der Waals surface area contributed by atoms with Crippen LogP contribution in [0.4, 0.5) is 5.69 Å². The molecule has 1 N–H and O–H groups in total. The fourth-order valence-corrected chi connectivity index (χ4v) is 3.98. The highest BCUT2D eigenvalue weighted by molar-refractivity contribution is 5.90. The molecule has 1 aliphatic rings. The monoisotopic (exact) mass is 404 g/mol. The average Bonchev–Trinajstić information content (AvgIpc) is 2.74. The number of hydrogen-bond acceptors (Lipinski definition) is 4. The van der Waals surface area contributed by atoms with Crippen molar-refractivity contribution in [3.63, 3.8) is 0 Å². The minimum absolute atomic E-state index is 0.0660. The highest BCUT2D eigenvalue weighted by Gasteiger charge is 2.15. The molecule has 1 amide bonds. The van der Waals surface area contributed by atoms with Crippen molar-refractivity contribution in [1.82, 2.24) is 14.5 Å². The summed E-state index contributed by atoms with van der Waals surface area (Å²) in [5.41, 5.74) is 3.39. The summed E-state index contributed by atoms with van der Waals surface area (Å²) in [6, 6.07) is 13.4. The Hall–Kier alpha value is -2.99. The van der Waals surface area contributed by atoms with Crippen LogP contribution in [0.5, 0.6) is 0 Å². The van der Waals surface area contributed by atoms with E-state index in [4.69, 9.17) is 0 Å². The molecule has 1 aromatic heterocycles. The maximum atomic E-state index is 12.7. The number of piperidine rings is 1. The first-order chi connectivity index (χ1) is 14.5. The van der Waals surface area contributed by atoms with Crippen LogP contribution in [-0.4, -0.2) is 33.4 Å². The third kappa shape index (κ3) is 4.60. The molecule has 0 saturated carbocycles. The third-order valence-electron chi connectivity index (χ3n) is 5.89. The lowest BCUT2D eigenvalue weighted by Crippen LogP contribution is -2.32.